The Hall–Kier alpha value is -6.08. The minimum Gasteiger partial charge on any atom is -0.508 e. The summed E-state index contributed by atoms with van der Waals surface area (Å²) in [5, 5.41) is 86.3. The Balaban J connectivity index is 0.000000171. The number of aliphatic hydroxyl groups is 1. The van der Waals surface area contributed by atoms with E-state index in [2.05, 4.69) is 0 Å². The van der Waals surface area contributed by atoms with Crippen molar-refractivity contribution >= 4 is 16.8 Å². The highest BCUT2D eigenvalue weighted by atomic mass is 16.5. The summed E-state index contributed by atoms with van der Waals surface area (Å²) in [6.45, 7) is 0. The lowest BCUT2D eigenvalue weighted by molar-refractivity contribution is 0.0210. The third kappa shape index (κ3) is 5.23. The molecule has 1 aliphatic rings. The highest BCUT2D eigenvalue weighted by Gasteiger charge is 2.39. The van der Waals surface area contributed by atoms with Crippen molar-refractivity contribution < 1.29 is 59.9 Å². The Bertz CT molecular complexity index is 1940. The van der Waals surface area contributed by atoms with Crippen LogP contribution in [0.5, 0.6) is 51.7 Å². The van der Waals surface area contributed by atoms with Crippen molar-refractivity contribution in [2.24, 2.45) is 0 Å². The fourth-order valence-corrected chi connectivity index (χ4v) is 4.47. The first kappa shape index (κ1) is 28.4. The molecule has 0 unspecified atom stereocenters. The summed E-state index contributed by atoms with van der Waals surface area (Å²) in [7, 11) is 0. The molecule has 6 rings (SSSR count). The molecule has 0 bridgehead atoms. The van der Waals surface area contributed by atoms with Crippen LogP contribution in [0.1, 0.15) is 22.0 Å². The third-order valence-electron chi connectivity index (χ3n) is 6.51. The molecule has 0 amide bonds. The van der Waals surface area contributed by atoms with E-state index in [-0.39, 0.29) is 56.6 Å². The van der Waals surface area contributed by atoms with Gasteiger partial charge in [-0.2, -0.15) is 0 Å². The number of carbonyl (C=O) groups is 1. The lowest BCUT2D eigenvalue weighted by atomic mass is 9.92. The first-order chi connectivity index (χ1) is 20.3. The van der Waals surface area contributed by atoms with Gasteiger partial charge in [-0.1, -0.05) is 6.07 Å². The molecule has 2 heterocycles. The number of carbonyl (C=O) groups excluding carboxylic acids is 1. The van der Waals surface area contributed by atoms with Crippen LogP contribution in [-0.2, 0) is 0 Å². The van der Waals surface area contributed by atoms with Crippen LogP contribution >= 0.6 is 0 Å². The van der Waals surface area contributed by atoms with E-state index < -0.39 is 46.4 Å². The van der Waals surface area contributed by atoms with Crippen molar-refractivity contribution in [2.45, 2.75) is 12.2 Å². The van der Waals surface area contributed by atoms with E-state index in [1.165, 1.54) is 42.5 Å². The van der Waals surface area contributed by atoms with E-state index in [1.54, 1.807) is 0 Å². The second-order valence-corrected chi connectivity index (χ2v) is 9.43. The molecule has 13 nitrogen and oxygen atoms in total. The minimum absolute atomic E-state index is 0.0247. The van der Waals surface area contributed by atoms with Gasteiger partial charge >= 0.3 is 0 Å². The van der Waals surface area contributed by atoms with Crippen molar-refractivity contribution in [3.8, 4) is 63.1 Å². The summed E-state index contributed by atoms with van der Waals surface area (Å²) in [6.07, 6.45) is -2.75. The number of phenolic OH excluding ortho intramolecular Hbond substituents is 7. The van der Waals surface area contributed by atoms with E-state index in [4.69, 9.17) is 9.15 Å². The van der Waals surface area contributed by atoms with Gasteiger partial charge in [0, 0.05) is 29.8 Å². The first-order valence-electron chi connectivity index (χ1n) is 12.3. The number of aromatic hydroxyl groups is 8. The number of ether oxygens (including phenoxy) is 1. The topological polar surface area (TPSA) is 239 Å². The number of phenols is 7. The van der Waals surface area contributed by atoms with Crippen LogP contribution in [0.15, 0.2) is 75.9 Å². The highest BCUT2D eigenvalue weighted by Crippen LogP contribution is 2.43. The molecule has 220 valence electrons. The Morgan fingerprint density at radius 1 is 0.628 bits per heavy atom. The number of hydrogen-bond donors (Lipinski definition) is 9. The predicted octanol–water partition coefficient (Wildman–Crippen LogP) is 3.47. The van der Waals surface area contributed by atoms with Crippen molar-refractivity contribution in [3.05, 3.63) is 88.1 Å². The monoisotopic (exact) mass is 590 g/mol. The molecule has 5 aromatic rings. The smallest absolute Gasteiger partial charge is 0.238 e. The van der Waals surface area contributed by atoms with Crippen molar-refractivity contribution in [2.75, 3.05) is 0 Å². The average molecular weight is 590 g/mol. The van der Waals surface area contributed by atoms with Gasteiger partial charge in [-0.25, -0.2) is 0 Å². The lowest BCUT2D eigenvalue weighted by Gasteiger charge is -2.30. The standard InChI is InChI=1S/C15H12O7.C15H10O6/c16-7-4-10(19)12-11(5-7)22-15(14(21)13(12)20)6-1-2-8(17)9(18)3-6;16-8-3-1-7(2-4-8)15-14(20)13(19)12-10(18)5-9(17)6-11(12)21-15/h1-5,14-19,21H;1-6,16-18,20H/t14-,15+;/m0./s1. The molecule has 0 saturated carbocycles. The number of Topliss-reactive ketones (excluding diaryl/α,β-unsaturated/α-hetero) is 1. The van der Waals surface area contributed by atoms with Gasteiger partial charge in [0.2, 0.25) is 17.0 Å². The maximum atomic E-state index is 12.2. The van der Waals surface area contributed by atoms with E-state index in [9.17, 15) is 55.5 Å². The summed E-state index contributed by atoms with van der Waals surface area (Å²) in [5.41, 5.74) is -0.462. The molecular weight excluding hydrogens is 568 g/mol. The van der Waals surface area contributed by atoms with Gasteiger partial charge in [0.1, 0.15) is 51.0 Å². The number of aliphatic hydroxyl groups excluding tert-OH is 1. The number of fused-ring (bicyclic) bond motifs is 2. The number of hydrogen-bond acceptors (Lipinski definition) is 13. The minimum atomic E-state index is -1.60. The predicted molar refractivity (Wildman–Crippen MR) is 148 cm³/mol. The normalized spacial score (nSPS) is 15.7. The number of ketones is 1. The summed E-state index contributed by atoms with van der Waals surface area (Å²) in [6, 6.07) is 13.7. The van der Waals surface area contributed by atoms with E-state index in [1.807, 2.05) is 0 Å². The second kappa shape index (κ2) is 10.7. The third-order valence-corrected chi connectivity index (χ3v) is 6.51. The Labute approximate surface area is 240 Å². The fraction of sp³-hybridized carbons (Fsp3) is 0.0667. The largest absolute Gasteiger partial charge is 0.508 e. The summed E-state index contributed by atoms with van der Waals surface area (Å²) >= 11 is 0. The van der Waals surface area contributed by atoms with E-state index in [0.29, 0.717) is 5.56 Å². The number of benzene rings is 4. The zero-order valence-electron chi connectivity index (χ0n) is 21.7. The molecule has 1 aliphatic heterocycles. The molecule has 2 atom stereocenters. The Kier molecular flexibility index (Phi) is 7.09. The second-order valence-electron chi connectivity index (χ2n) is 9.43. The molecule has 9 N–H and O–H groups in total. The van der Waals surface area contributed by atoms with Crippen LogP contribution < -0.4 is 10.2 Å². The zero-order chi connectivity index (χ0) is 31.2. The van der Waals surface area contributed by atoms with Gasteiger partial charge in [0.05, 0.1) is 0 Å². The quantitative estimate of drug-likeness (QED) is 0.134. The molecule has 0 radical (unpaired) electrons. The molecule has 0 aliphatic carbocycles. The molecule has 0 spiro atoms. The van der Waals surface area contributed by atoms with Gasteiger partial charge in [0.15, 0.2) is 29.5 Å². The van der Waals surface area contributed by atoms with E-state index in [0.717, 1.165) is 24.3 Å². The first-order valence-corrected chi connectivity index (χ1v) is 12.3. The summed E-state index contributed by atoms with van der Waals surface area (Å²) in [5.74, 6) is -3.91. The molecule has 43 heavy (non-hydrogen) atoms. The van der Waals surface area contributed by atoms with Gasteiger partial charge in [-0.15, -0.1) is 0 Å². The molecule has 0 saturated heterocycles. The summed E-state index contributed by atoms with van der Waals surface area (Å²) in [4.78, 5) is 24.3. The van der Waals surface area contributed by atoms with Gasteiger partial charge in [-0.05, 0) is 42.0 Å². The Morgan fingerprint density at radius 3 is 1.95 bits per heavy atom. The molecule has 0 fully saturated rings. The molecule has 1 aromatic heterocycles. The van der Waals surface area contributed by atoms with Crippen LogP contribution in [0.3, 0.4) is 0 Å². The van der Waals surface area contributed by atoms with Crippen LogP contribution in [0.4, 0.5) is 0 Å². The van der Waals surface area contributed by atoms with Crippen LogP contribution in [0.2, 0.25) is 0 Å². The van der Waals surface area contributed by atoms with Crippen molar-refractivity contribution in [1.82, 2.24) is 0 Å². The van der Waals surface area contributed by atoms with Gasteiger partial charge in [-0.3, -0.25) is 9.59 Å². The molecular formula is C30H22O13. The van der Waals surface area contributed by atoms with Crippen molar-refractivity contribution in [1.29, 1.82) is 0 Å². The maximum absolute atomic E-state index is 12.2. The lowest BCUT2D eigenvalue weighted by Crippen LogP contribution is -2.36. The summed E-state index contributed by atoms with van der Waals surface area (Å²) < 4.78 is 10.9. The number of rotatable bonds is 2. The average Bonchev–Trinajstić information content (AvgIpc) is 2.94. The van der Waals surface area contributed by atoms with Crippen LogP contribution in [0.25, 0.3) is 22.3 Å². The highest BCUT2D eigenvalue weighted by molar-refractivity contribution is 6.05. The molecule has 4 aromatic carbocycles. The van der Waals surface area contributed by atoms with Crippen LogP contribution in [0, 0.1) is 0 Å². The SMILES string of the molecule is O=C1c2c(O)cc(O)cc2O[C@H](c2ccc(O)c(O)c2)[C@H]1O.O=c1c(O)c(-c2ccc(O)cc2)oc2cc(O)cc(O)c12. The zero-order valence-corrected chi connectivity index (χ0v) is 21.7. The van der Waals surface area contributed by atoms with Crippen LogP contribution in [-0.4, -0.2) is 57.8 Å². The van der Waals surface area contributed by atoms with Gasteiger partial charge in [0.25, 0.3) is 0 Å². The fourth-order valence-electron chi connectivity index (χ4n) is 4.47. The van der Waals surface area contributed by atoms with Crippen molar-refractivity contribution in [3.63, 3.8) is 0 Å². The van der Waals surface area contributed by atoms with Gasteiger partial charge < -0.3 is 55.1 Å². The molecule has 13 heteroatoms. The Morgan fingerprint density at radius 2 is 1.28 bits per heavy atom. The maximum Gasteiger partial charge on any atom is 0.238 e. The van der Waals surface area contributed by atoms with E-state index >= 15 is 0 Å².